The van der Waals surface area contributed by atoms with E-state index in [0.29, 0.717) is 5.56 Å². The lowest BCUT2D eigenvalue weighted by Gasteiger charge is -2.13. The Hall–Kier alpha value is -1.49. The van der Waals surface area contributed by atoms with Crippen molar-refractivity contribution in [3.8, 4) is 5.82 Å². The zero-order valence-electron chi connectivity index (χ0n) is 10.4. The van der Waals surface area contributed by atoms with E-state index in [1.807, 2.05) is 5.38 Å². The van der Waals surface area contributed by atoms with Gasteiger partial charge in [0.15, 0.2) is 11.6 Å². The molecule has 0 aromatic carbocycles. The van der Waals surface area contributed by atoms with Crippen LogP contribution in [0.3, 0.4) is 0 Å². The minimum atomic E-state index is 0.0162. The van der Waals surface area contributed by atoms with Crippen LogP contribution in [0.4, 0.5) is 0 Å². The number of thiazole rings is 1. The molecule has 0 unspecified atom stereocenters. The Bertz CT molecular complexity index is 548. The molecule has 2 rings (SSSR count). The standard InChI is InChI=1S/C12H15N3OS/c1-8(16)9-5-13-15(6-9)10-7-17-11(14-10)12(2,3)4/h5-7H,1-4H3. The Labute approximate surface area is 104 Å². The lowest BCUT2D eigenvalue weighted by Crippen LogP contribution is -2.10. The molecule has 0 N–H and O–H groups in total. The van der Waals surface area contributed by atoms with Gasteiger partial charge in [0.25, 0.3) is 0 Å². The zero-order valence-corrected chi connectivity index (χ0v) is 11.2. The molecule has 0 saturated carbocycles. The highest BCUT2D eigenvalue weighted by Gasteiger charge is 2.18. The predicted octanol–water partition coefficient (Wildman–Crippen LogP) is 2.83. The lowest BCUT2D eigenvalue weighted by atomic mass is 9.98. The van der Waals surface area contributed by atoms with Crippen molar-refractivity contribution in [2.75, 3.05) is 0 Å². The fraction of sp³-hybridized carbons (Fsp3) is 0.417. The average molecular weight is 249 g/mol. The topological polar surface area (TPSA) is 47.8 Å². The summed E-state index contributed by atoms with van der Waals surface area (Å²) in [6.07, 6.45) is 3.28. The van der Waals surface area contributed by atoms with Gasteiger partial charge in [-0.3, -0.25) is 4.79 Å². The Kier molecular flexibility index (Phi) is 2.87. The summed E-state index contributed by atoms with van der Waals surface area (Å²) in [4.78, 5) is 15.7. The first kappa shape index (κ1) is 12.0. The van der Waals surface area contributed by atoms with Gasteiger partial charge in [-0.2, -0.15) is 5.10 Å². The summed E-state index contributed by atoms with van der Waals surface area (Å²) >= 11 is 1.61. The molecule has 2 aromatic rings. The SMILES string of the molecule is CC(=O)c1cnn(-c2csc(C(C)(C)C)n2)c1. The molecule has 0 aliphatic heterocycles. The van der Waals surface area contributed by atoms with Crippen molar-refractivity contribution in [2.45, 2.75) is 33.1 Å². The molecule has 0 spiro atoms. The number of hydrogen-bond donors (Lipinski definition) is 0. The monoisotopic (exact) mass is 249 g/mol. The summed E-state index contributed by atoms with van der Waals surface area (Å²) < 4.78 is 1.64. The van der Waals surface area contributed by atoms with Gasteiger partial charge >= 0.3 is 0 Å². The van der Waals surface area contributed by atoms with Crippen LogP contribution < -0.4 is 0 Å². The molecule has 17 heavy (non-hydrogen) atoms. The summed E-state index contributed by atoms with van der Waals surface area (Å²) in [6, 6.07) is 0. The normalized spacial score (nSPS) is 11.8. The Morgan fingerprint density at radius 2 is 2.12 bits per heavy atom. The summed E-state index contributed by atoms with van der Waals surface area (Å²) in [5.74, 6) is 0.787. The molecule has 0 saturated heterocycles. The van der Waals surface area contributed by atoms with Gasteiger partial charge in [0, 0.05) is 17.0 Å². The largest absolute Gasteiger partial charge is 0.294 e. The van der Waals surface area contributed by atoms with E-state index in [1.54, 1.807) is 28.4 Å². The Morgan fingerprint density at radius 3 is 2.59 bits per heavy atom. The molecule has 0 fully saturated rings. The highest BCUT2D eigenvalue weighted by atomic mass is 32.1. The average Bonchev–Trinajstić information content (AvgIpc) is 2.85. The third kappa shape index (κ3) is 2.44. The van der Waals surface area contributed by atoms with Gasteiger partial charge in [-0.15, -0.1) is 11.3 Å². The first-order valence-electron chi connectivity index (χ1n) is 5.40. The van der Waals surface area contributed by atoms with Crippen molar-refractivity contribution in [3.05, 3.63) is 28.3 Å². The molecule has 0 atom stereocenters. The van der Waals surface area contributed by atoms with E-state index in [0.717, 1.165) is 10.8 Å². The number of rotatable bonds is 2. The molecule has 0 aliphatic rings. The third-order valence-corrected chi connectivity index (χ3v) is 3.61. The van der Waals surface area contributed by atoms with Gasteiger partial charge < -0.3 is 0 Å². The highest BCUT2D eigenvalue weighted by molar-refractivity contribution is 7.10. The lowest BCUT2D eigenvalue weighted by molar-refractivity contribution is 0.101. The fourth-order valence-corrected chi connectivity index (χ4v) is 2.22. The van der Waals surface area contributed by atoms with Crippen LogP contribution in [0.25, 0.3) is 5.82 Å². The molecule has 2 aromatic heterocycles. The van der Waals surface area contributed by atoms with E-state index in [1.165, 1.54) is 6.92 Å². The number of Topliss-reactive ketones (excluding diaryl/α,β-unsaturated/α-hetero) is 1. The second-order valence-electron chi connectivity index (χ2n) is 4.99. The molecule has 5 heteroatoms. The first-order chi connectivity index (χ1) is 7.88. The van der Waals surface area contributed by atoms with E-state index < -0.39 is 0 Å². The molecule has 0 aliphatic carbocycles. The van der Waals surface area contributed by atoms with Crippen molar-refractivity contribution >= 4 is 17.1 Å². The van der Waals surface area contributed by atoms with Crippen LogP contribution in [0.15, 0.2) is 17.8 Å². The van der Waals surface area contributed by atoms with E-state index in [2.05, 4.69) is 30.9 Å². The second kappa shape index (κ2) is 4.07. The van der Waals surface area contributed by atoms with Crippen molar-refractivity contribution in [2.24, 2.45) is 0 Å². The Balaban J connectivity index is 2.34. The molecule has 4 nitrogen and oxygen atoms in total. The molecule has 0 amide bonds. The number of hydrogen-bond acceptors (Lipinski definition) is 4. The van der Waals surface area contributed by atoms with Crippen LogP contribution in [-0.2, 0) is 5.41 Å². The number of carbonyl (C=O) groups excluding carboxylic acids is 1. The molecule has 2 heterocycles. The molecular weight excluding hydrogens is 234 g/mol. The fourth-order valence-electron chi connectivity index (χ4n) is 1.34. The minimum Gasteiger partial charge on any atom is -0.294 e. The molecular formula is C12H15N3OS. The van der Waals surface area contributed by atoms with Gasteiger partial charge in [-0.05, 0) is 6.92 Å². The minimum absolute atomic E-state index is 0.0162. The second-order valence-corrected chi connectivity index (χ2v) is 5.85. The van der Waals surface area contributed by atoms with E-state index in [4.69, 9.17) is 0 Å². The maximum atomic E-state index is 11.2. The maximum absolute atomic E-state index is 11.2. The quantitative estimate of drug-likeness (QED) is 0.769. The number of ketones is 1. The van der Waals surface area contributed by atoms with E-state index >= 15 is 0 Å². The number of aromatic nitrogens is 3. The Morgan fingerprint density at radius 1 is 1.41 bits per heavy atom. The summed E-state index contributed by atoms with van der Waals surface area (Å²) in [6.45, 7) is 7.90. The van der Waals surface area contributed by atoms with Crippen LogP contribution in [-0.4, -0.2) is 20.5 Å². The van der Waals surface area contributed by atoms with Crippen LogP contribution >= 0.6 is 11.3 Å². The smallest absolute Gasteiger partial charge is 0.164 e. The maximum Gasteiger partial charge on any atom is 0.164 e. The number of carbonyl (C=O) groups is 1. The van der Waals surface area contributed by atoms with Crippen molar-refractivity contribution in [1.82, 2.24) is 14.8 Å². The van der Waals surface area contributed by atoms with Crippen LogP contribution in [0.5, 0.6) is 0 Å². The van der Waals surface area contributed by atoms with Crippen LogP contribution in [0.2, 0.25) is 0 Å². The van der Waals surface area contributed by atoms with Crippen molar-refractivity contribution in [3.63, 3.8) is 0 Å². The van der Waals surface area contributed by atoms with Crippen LogP contribution in [0, 0.1) is 0 Å². The van der Waals surface area contributed by atoms with Gasteiger partial charge in [0.1, 0.15) is 5.01 Å². The highest BCUT2D eigenvalue weighted by Crippen LogP contribution is 2.26. The summed E-state index contributed by atoms with van der Waals surface area (Å²) in [5, 5.41) is 7.16. The van der Waals surface area contributed by atoms with Crippen LogP contribution in [0.1, 0.15) is 43.1 Å². The van der Waals surface area contributed by atoms with Gasteiger partial charge in [-0.25, -0.2) is 9.67 Å². The molecule has 90 valence electrons. The molecule has 0 bridgehead atoms. The van der Waals surface area contributed by atoms with Gasteiger partial charge in [-0.1, -0.05) is 20.8 Å². The van der Waals surface area contributed by atoms with Gasteiger partial charge in [0.2, 0.25) is 0 Å². The van der Waals surface area contributed by atoms with Crippen molar-refractivity contribution in [1.29, 1.82) is 0 Å². The van der Waals surface area contributed by atoms with Crippen molar-refractivity contribution < 1.29 is 4.79 Å². The van der Waals surface area contributed by atoms with Gasteiger partial charge in [0.05, 0.1) is 11.8 Å². The molecule has 0 radical (unpaired) electrons. The summed E-state index contributed by atoms with van der Waals surface area (Å²) in [5.41, 5.74) is 0.648. The summed E-state index contributed by atoms with van der Waals surface area (Å²) in [7, 11) is 0. The predicted molar refractivity (Wildman–Crippen MR) is 67.9 cm³/mol. The van der Waals surface area contributed by atoms with E-state index in [9.17, 15) is 4.79 Å². The third-order valence-electron chi connectivity index (χ3n) is 2.36. The zero-order chi connectivity index (χ0) is 12.6. The number of nitrogens with zero attached hydrogens (tertiary/aromatic N) is 3. The van der Waals surface area contributed by atoms with E-state index in [-0.39, 0.29) is 11.2 Å². The first-order valence-corrected chi connectivity index (χ1v) is 6.28.